The zero-order chi connectivity index (χ0) is 36.4. The minimum Gasteiger partial charge on any atom is -0.457 e. The maximum atomic E-state index is 7.20. The average molecular weight is 687 g/mol. The summed E-state index contributed by atoms with van der Waals surface area (Å²) in [6.07, 6.45) is 7.47. The number of rotatable bonds is 10. The smallest absolute Gasteiger partial charge is 0.134 e. The molecule has 0 aliphatic heterocycles. The molecule has 2 saturated carbocycles. The highest BCUT2D eigenvalue weighted by molar-refractivity contribution is 5.56. The number of hydrogen-bond donors (Lipinski definition) is 2. The molecule has 2 aliphatic carbocycles. The number of anilines is 2. The van der Waals surface area contributed by atoms with Crippen LogP contribution in [0.5, 0.6) is 23.0 Å². The minimum atomic E-state index is -0.254. The van der Waals surface area contributed by atoms with Crippen LogP contribution >= 0.6 is 0 Å². The third kappa shape index (κ3) is 8.27. The minimum absolute atomic E-state index is 0.254. The van der Waals surface area contributed by atoms with Crippen LogP contribution in [0.4, 0.5) is 11.4 Å². The van der Waals surface area contributed by atoms with Crippen molar-refractivity contribution in [2.75, 3.05) is 11.5 Å². The molecule has 6 rings (SSSR count). The molecule has 51 heavy (non-hydrogen) atoms. The maximum Gasteiger partial charge on any atom is 0.134 e. The molecule has 4 aromatic rings. The van der Waals surface area contributed by atoms with Crippen LogP contribution in [0.25, 0.3) is 0 Å². The Morgan fingerprint density at radius 2 is 1.04 bits per heavy atom. The monoisotopic (exact) mass is 686 g/mol. The lowest BCUT2D eigenvalue weighted by Gasteiger charge is -2.42. The van der Waals surface area contributed by atoms with E-state index in [9.17, 15) is 0 Å². The molecule has 0 bridgehead atoms. The predicted octanol–water partition coefficient (Wildman–Crippen LogP) is 13.1. The van der Waals surface area contributed by atoms with Gasteiger partial charge >= 0.3 is 0 Å². The summed E-state index contributed by atoms with van der Waals surface area (Å²) in [5, 5.41) is 0. The quantitative estimate of drug-likeness (QED) is 0.163. The molecular formula is C47H62N2O2. The van der Waals surface area contributed by atoms with Gasteiger partial charge in [0.1, 0.15) is 23.0 Å². The molecule has 2 aliphatic rings. The van der Waals surface area contributed by atoms with Crippen LogP contribution in [-0.2, 0) is 5.41 Å². The number of hydrogen-bond acceptors (Lipinski definition) is 4. The van der Waals surface area contributed by atoms with Crippen LogP contribution in [0.15, 0.2) is 84.9 Å². The largest absolute Gasteiger partial charge is 0.457 e. The van der Waals surface area contributed by atoms with Gasteiger partial charge in [0.05, 0.1) is 0 Å². The summed E-state index contributed by atoms with van der Waals surface area (Å²) >= 11 is 0. The Kier molecular flexibility index (Phi) is 11.1. The average Bonchev–Trinajstić information content (AvgIpc) is 3.08. The van der Waals surface area contributed by atoms with E-state index in [0.29, 0.717) is 53.0 Å². The molecule has 4 N–H and O–H groups in total. The van der Waals surface area contributed by atoms with Crippen molar-refractivity contribution in [1.29, 1.82) is 0 Å². The fourth-order valence-corrected chi connectivity index (χ4v) is 9.34. The lowest BCUT2D eigenvalue weighted by atomic mass is 9.63. The summed E-state index contributed by atoms with van der Waals surface area (Å²) < 4.78 is 13.4. The van der Waals surface area contributed by atoms with Crippen LogP contribution < -0.4 is 20.9 Å². The van der Waals surface area contributed by atoms with E-state index in [-0.39, 0.29) is 5.41 Å². The summed E-state index contributed by atoms with van der Waals surface area (Å²) in [5.41, 5.74) is 18.9. The topological polar surface area (TPSA) is 70.5 Å². The zero-order valence-corrected chi connectivity index (χ0v) is 32.4. The van der Waals surface area contributed by atoms with E-state index in [4.69, 9.17) is 20.9 Å². The van der Waals surface area contributed by atoms with Crippen molar-refractivity contribution in [2.45, 2.75) is 111 Å². The number of benzene rings is 4. The molecule has 272 valence electrons. The first-order valence-corrected chi connectivity index (χ1v) is 19.7. The molecule has 4 heteroatoms. The van der Waals surface area contributed by atoms with E-state index in [1.807, 2.05) is 42.5 Å². The van der Waals surface area contributed by atoms with Gasteiger partial charge in [-0.25, -0.2) is 0 Å². The first-order chi connectivity index (χ1) is 24.3. The Hall–Kier alpha value is -3.92. The summed E-state index contributed by atoms with van der Waals surface area (Å²) in [6, 6.07) is 29.4. The molecule has 0 saturated heterocycles. The van der Waals surface area contributed by atoms with Gasteiger partial charge in [0.15, 0.2) is 0 Å². The van der Waals surface area contributed by atoms with Crippen LogP contribution in [-0.4, -0.2) is 0 Å². The van der Waals surface area contributed by atoms with Gasteiger partial charge in [-0.05, 0) is 132 Å². The van der Waals surface area contributed by atoms with E-state index >= 15 is 0 Å². The van der Waals surface area contributed by atoms with Crippen molar-refractivity contribution in [3.8, 4) is 23.0 Å². The first kappa shape index (κ1) is 36.9. The molecule has 0 aromatic heterocycles. The highest BCUT2D eigenvalue weighted by atomic mass is 16.5. The molecular weight excluding hydrogens is 625 g/mol. The second-order valence-corrected chi connectivity index (χ2v) is 17.3. The first-order valence-electron chi connectivity index (χ1n) is 19.7. The van der Waals surface area contributed by atoms with E-state index in [1.54, 1.807) is 0 Å². The number of nitrogen functional groups attached to an aromatic ring is 2. The van der Waals surface area contributed by atoms with Crippen molar-refractivity contribution < 1.29 is 9.47 Å². The third-order valence-electron chi connectivity index (χ3n) is 12.5. The van der Waals surface area contributed by atoms with Gasteiger partial charge in [-0.2, -0.15) is 0 Å². The van der Waals surface area contributed by atoms with E-state index in [1.165, 1.54) is 60.8 Å². The van der Waals surface area contributed by atoms with Crippen molar-refractivity contribution >= 4 is 11.4 Å². The third-order valence-corrected chi connectivity index (χ3v) is 12.5. The lowest BCUT2D eigenvalue weighted by Crippen LogP contribution is -2.30. The predicted molar refractivity (Wildman–Crippen MR) is 215 cm³/mol. The molecule has 4 aromatic carbocycles. The van der Waals surface area contributed by atoms with Gasteiger partial charge < -0.3 is 20.9 Å². The van der Waals surface area contributed by atoms with Crippen LogP contribution in [0.2, 0.25) is 0 Å². The molecule has 0 heterocycles. The standard InChI is InChI=1S/C47H62N2O2/c1-29(2)40-21-15-31(5)23-42(40)44-25-34(47(7,8)33-17-19-37(20-18-33)50-38-13-9-11-35(48)27-38)26-45(43-24-32(6)16-22-41(43)30(3)4)46(44)51-39-14-10-12-36(49)28-39/h9-14,17-20,25-32,40-43H,15-16,21-24,48-49H2,1-8H3. The summed E-state index contributed by atoms with van der Waals surface area (Å²) in [4.78, 5) is 0. The fourth-order valence-electron chi connectivity index (χ4n) is 9.34. The van der Waals surface area contributed by atoms with E-state index < -0.39 is 0 Å². The molecule has 4 nitrogen and oxygen atoms in total. The Bertz CT molecular complexity index is 1720. The molecule has 6 atom stereocenters. The van der Waals surface area contributed by atoms with Gasteiger partial charge in [0.2, 0.25) is 0 Å². The van der Waals surface area contributed by atoms with Crippen molar-refractivity contribution in [3.63, 3.8) is 0 Å². The Labute approximate surface area is 308 Å². The van der Waals surface area contributed by atoms with Crippen LogP contribution in [0, 0.1) is 35.5 Å². The summed E-state index contributed by atoms with van der Waals surface area (Å²) in [7, 11) is 0. The summed E-state index contributed by atoms with van der Waals surface area (Å²) in [6.45, 7) is 19.3. The zero-order valence-electron chi connectivity index (χ0n) is 32.4. The van der Waals surface area contributed by atoms with Crippen molar-refractivity contribution in [2.24, 2.45) is 35.5 Å². The van der Waals surface area contributed by atoms with Gasteiger partial charge in [-0.3, -0.25) is 0 Å². The molecule has 2 fully saturated rings. The highest BCUT2D eigenvalue weighted by Crippen LogP contribution is 2.54. The van der Waals surface area contributed by atoms with E-state index in [0.717, 1.165) is 28.7 Å². The van der Waals surface area contributed by atoms with Gasteiger partial charge in [-0.1, -0.05) is 105 Å². The van der Waals surface area contributed by atoms with E-state index in [2.05, 4.69) is 97.9 Å². The number of ether oxygens (including phenoxy) is 2. The van der Waals surface area contributed by atoms with Crippen molar-refractivity contribution in [3.05, 3.63) is 107 Å². The van der Waals surface area contributed by atoms with Gasteiger partial charge in [0.25, 0.3) is 0 Å². The molecule has 0 radical (unpaired) electrons. The molecule has 0 amide bonds. The van der Waals surface area contributed by atoms with Crippen molar-refractivity contribution in [1.82, 2.24) is 0 Å². The second kappa shape index (κ2) is 15.4. The lowest BCUT2D eigenvalue weighted by molar-refractivity contribution is 0.188. The fraction of sp³-hybridized carbons (Fsp3) is 0.489. The van der Waals surface area contributed by atoms with Crippen LogP contribution in [0.3, 0.4) is 0 Å². The second-order valence-electron chi connectivity index (χ2n) is 17.3. The molecule has 6 unspecified atom stereocenters. The molecule has 0 spiro atoms. The van der Waals surface area contributed by atoms with Gasteiger partial charge in [0, 0.05) is 28.9 Å². The van der Waals surface area contributed by atoms with Gasteiger partial charge in [-0.15, -0.1) is 0 Å². The summed E-state index contributed by atoms with van der Waals surface area (Å²) in [5.74, 6) is 8.06. The SMILES string of the molecule is CC1CCC(C(C)C)C(c2cc(C(C)(C)c3ccc(Oc4cccc(N)c4)cc3)cc(C3CC(C)CCC3C(C)C)c2Oc2cccc(N)c2)C1. The maximum absolute atomic E-state index is 7.20. The Morgan fingerprint density at radius 1 is 0.569 bits per heavy atom. The number of nitrogens with two attached hydrogens (primary N) is 2. The Balaban J connectivity index is 1.53. The highest BCUT2D eigenvalue weighted by Gasteiger charge is 2.40. The van der Waals surface area contributed by atoms with Crippen LogP contribution in [0.1, 0.15) is 128 Å². The normalized spacial score (nSPS) is 24.1. The Morgan fingerprint density at radius 3 is 1.49 bits per heavy atom.